The number of nitriles is 1. The molecule has 0 aliphatic carbocycles. The summed E-state index contributed by atoms with van der Waals surface area (Å²) in [5, 5.41) is 19.1. The number of nitrogens with zero attached hydrogens (tertiary/aromatic N) is 5. The second-order valence-corrected chi connectivity index (χ2v) is 6.67. The number of rotatable bonds is 2. The molecule has 1 saturated heterocycles. The predicted molar refractivity (Wildman–Crippen MR) is 97.7 cm³/mol. The fraction of sp³-hybridized carbons (Fsp3) is 0.263. The van der Waals surface area contributed by atoms with E-state index >= 15 is 0 Å². The molecule has 1 unspecified atom stereocenters. The van der Waals surface area contributed by atoms with Crippen LogP contribution in [0.5, 0.6) is 0 Å². The van der Waals surface area contributed by atoms with E-state index in [-0.39, 0.29) is 34.6 Å². The molecular formula is C19H14F3N5O2. The Morgan fingerprint density at radius 2 is 2.00 bits per heavy atom. The summed E-state index contributed by atoms with van der Waals surface area (Å²) in [6.45, 7) is 0.633. The van der Waals surface area contributed by atoms with Gasteiger partial charge in [-0.2, -0.15) is 23.4 Å². The maximum absolute atomic E-state index is 13.3. The predicted octanol–water partition coefficient (Wildman–Crippen LogP) is 2.24. The first kappa shape index (κ1) is 18.9. The number of pyridine rings is 1. The normalized spacial score (nSPS) is 16.9. The average Bonchev–Trinajstić information content (AvgIpc) is 3.12. The van der Waals surface area contributed by atoms with E-state index in [1.54, 1.807) is 4.90 Å². The van der Waals surface area contributed by atoms with E-state index in [4.69, 9.17) is 5.26 Å². The van der Waals surface area contributed by atoms with Gasteiger partial charge in [-0.05, 0) is 36.8 Å². The number of aromatic nitrogens is 3. The van der Waals surface area contributed by atoms with E-state index in [1.165, 1.54) is 30.3 Å². The molecule has 1 aliphatic rings. The van der Waals surface area contributed by atoms with Crippen molar-refractivity contribution >= 4 is 16.9 Å². The molecule has 148 valence electrons. The number of aliphatic hydroxyl groups is 1. The minimum absolute atomic E-state index is 0.176. The van der Waals surface area contributed by atoms with Gasteiger partial charge < -0.3 is 10.0 Å². The molecule has 7 nitrogen and oxygen atoms in total. The molecule has 3 aromatic rings. The van der Waals surface area contributed by atoms with Crippen molar-refractivity contribution in [2.24, 2.45) is 0 Å². The van der Waals surface area contributed by atoms with Gasteiger partial charge in [-0.25, -0.2) is 14.3 Å². The molecule has 0 spiro atoms. The first-order valence-electron chi connectivity index (χ1n) is 8.72. The number of β-amino-alcohol motifs (C(OH)–C–C–N with tert-alkyl or cyclic N) is 1. The van der Waals surface area contributed by atoms with Gasteiger partial charge in [0.05, 0.1) is 28.8 Å². The van der Waals surface area contributed by atoms with Crippen molar-refractivity contribution in [3.05, 3.63) is 58.1 Å². The molecule has 10 heteroatoms. The number of benzene rings is 1. The SMILES string of the molecule is N#Cc1cccc(-n2c(=O)nc(N3CCC(O)C3)c3ccc(C(F)(F)F)nc32)c1. The van der Waals surface area contributed by atoms with E-state index in [1.807, 2.05) is 6.07 Å². The number of halogens is 3. The van der Waals surface area contributed by atoms with E-state index in [9.17, 15) is 23.1 Å². The zero-order valence-electron chi connectivity index (χ0n) is 14.9. The third-order valence-electron chi connectivity index (χ3n) is 4.71. The highest BCUT2D eigenvalue weighted by molar-refractivity contribution is 5.88. The van der Waals surface area contributed by atoms with Crippen LogP contribution in [-0.4, -0.2) is 38.8 Å². The van der Waals surface area contributed by atoms with Crippen LogP contribution in [0, 0.1) is 11.3 Å². The lowest BCUT2D eigenvalue weighted by atomic mass is 10.2. The van der Waals surface area contributed by atoms with Crippen molar-refractivity contribution in [3.63, 3.8) is 0 Å². The molecule has 1 fully saturated rings. The largest absolute Gasteiger partial charge is 0.433 e. The van der Waals surface area contributed by atoms with Crippen LogP contribution in [0.2, 0.25) is 0 Å². The van der Waals surface area contributed by atoms with Gasteiger partial charge >= 0.3 is 11.9 Å². The summed E-state index contributed by atoms with van der Waals surface area (Å²) in [6, 6.07) is 9.89. The molecule has 4 rings (SSSR count). The van der Waals surface area contributed by atoms with E-state index < -0.39 is 23.7 Å². The van der Waals surface area contributed by atoms with Crippen LogP contribution < -0.4 is 10.6 Å². The van der Waals surface area contributed by atoms with Gasteiger partial charge in [-0.1, -0.05) is 6.07 Å². The molecule has 1 atom stereocenters. The minimum atomic E-state index is -4.70. The Morgan fingerprint density at radius 1 is 1.21 bits per heavy atom. The molecule has 0 saturated carbocycles. The second-order valence-electron chi connectivity index (χ2n) is 6.67. The summed E-state index contributed by atoms with van der Waals surface area (Å²) < 4.78 is 40.8. The van der Waals surface area contributed by atoms with Gasteiger partial charge in [0.1, 0.15) is 11.5 Å². The molecule has 29 heavy (non-hydrogen) atoms. The van der Waals surface area contributed by atoms with Crippen molar-refractivity contribution < 1.29 is 18.3 Å². The van der Waals surface area contributed by atoms with Crippen molar-refractivity contribution in [3.8, 4) is 11.8 Å². The summed E-state index contributed by atoms with van der Waals surface area (Å²) in [5.74, 6) is 0.176. The van der Waals surface area contributed by atoms with Crippen LogP contribution in [0.15, 0.2) is 41.2 Å². The Morgan fingerprint density at radius 3 is 2.66 bits per heavy atom. The Kier molecular flexibility index (Phi) is 4.47. The van der Waals surface area contributed by atoms with Gasteiger partial charge in [-0.15, -0.1) is 0 Å². The van der Waals surface area contributed by atoms with Gasteiger partial charge in [0.2, 0.25) is 0 Å². The lowest BCUT2D eigenvalue weighted by Gasteiger charge is -2.20. The van der Waals surface area contributed by atoms with Gasteiger partial charge in [0.15, 0.2) is 5.65 Å². The first-order valence-corrected chi connectivity index (χ1v) is 8.72. The summed E-state index contributed by atoms with van der Waals surface area (Å²) >= 11 is 0. The molecule has 3 heterocycles. The van der Waals surface area contributed by atoms with Gasteiger partial charge in [0, 0.05) is 13.1 Å². The van der Waals surface area contributed by atoms with Crippen molar-refractivity contribution in [1.82, 2.24) is 14.5 Å². The Balaban J connectivity index is 2.03. The monoisotopic (exact) mass is 401 g/mol. The number of hydrogen-bond acceptors (Lipinski definition) is 6. The molecule has 0 bridgehead atoms. The summed E-state index contributed by atoms with van der Waals surface area (Å²) in [7, 11) is 0. The fourth-order valence-electron chi connectivity index (χ4n) is 3.37. The molecule has 0 radical (unpaired) electrons. The lowest BCUT2D eigenvalue weighted by Crippen LogP contribution is -2.30. The van der Waals surface area contributed by atoms with Crippen LogP contribution in [-0.2, 0) is 6.18 Å². The third-order valence-corrected chi connectivity index (χ3v) is 4.71. The molecule has 2 aromatic heterocycles. The standard InChI is InChI=1S/C19H14F3N5O2/c20-19(21,22)15-5-4-14-16(26-7-6-13(28)10-26)25-18(29)27(17(14)24-15)12-3-1-2-11(8-12)9-23/h1-5,8,13,28H,6-7,10H2. The topological polar surface area (TPSA) is 95.0 Å². The highest BCUT2D eigenvalue weighted by Crippen LogP contribution is 2.32. The van der Waals surface area contributed by atoms with Crippen molar-refractivity contribution in [2.75, 3.05) is 18.0 Å². The second kappa shape index (κ2) is 6.86. The lowest BCUT2D eigenvalue weighted by molar-refractivity contribution is -0.141. The third kappa shape index (κ3) is 3.40. The highest BCUT2D eigenvalue weighted by atomic mass is 19.4. The Hall–Kier alpha value is -3.45. The first-order chi connectivity index (χ1) is 13.8. The number of anilines is 1. The van der Waals surface area contributed by atoms with Crippen LogP contribution in [0.1, 0.15) is 17.7 Å². The van der Waals surface area contributed by atoms with Gasteiger partial charge in [0.25, 0.3) is 0 Å². The van der Waals surface area contributed by atoms with Crippen LogP contribution in [0.3, 0.4) is 0 Å². The summed E-state index contributed by atoms with van der Waals surface area (Å²) in [5.41, 5.74) is -1.76. The quantitative estimate of drug-likeness (QED) is 0.708. The maximum Gasteiger partial charge on any atom is 0.433 e. The zero-order chi connectivity index (χ0) is 20.8. The van der Waals surface area contributed by atoms with E-state index in [0.717, 1.165) is 10.6 Å². The highest BCUT2D eigenvalue weighted by Gasteiger charge is 2.34. The number of aliphatic hydroxyl groups excluding tert-OH is 1. The summed E-state index contributed by atoms with van der Waals surface area (Å²) in [6.07, 6.45) is -4.84. The molecule has 0 amide bonds. The van der Waals surface area contributed by atoms with Crippen LogP contribution in [0.4, 0.5) is 19.0 Å². The summed E-state index contributed by atoms with van der Waals surface area (Å²) in [4.78, 5) is 22.2. The van der Waals surface area contributed by atoms with Gasteiger partial charge in [-0.3, -0.25) is 0 Å². The number of alkyl halides is 3. The average molecular weight is 401 g/mol. The molecule has 1 aliphatic heterocycles. The Labute approximate surface area is 162 Å². The molecular weight excluding hydrogens is 387 g/mol. The van der Waals surface area contributed by atoms with Crippen LogP contribution >= 0.6 is 0 Å². The minimum Gasteiger partial charge on any atom is -0.391 e. The van der Waals surface area contributed by atoms with E-state index in [0.29, 0.717) is 13.0 Å². The smallest absolute Gasteiger partial charge is 0.391 e. The number of fused-ring (bicyclic) bond motifs is 1. The fourth-order valence-corrected chi connectivity index (χ4v) is 3.37. The maximum atomic E-state index is 13.3. The van der Waals surface area contributed by atoms with E-state index in [2.05, 4.69) is 9.97 Å². The number of hydrogen-bond donors (Lipinski definition) is 1. The Bertz CT molecular complexity index is 1200. The molecule has 1 N–H and O–H groups in total. The van der Waals surface area contributed by atoms with Crippen molar-refractivity contribution in [1.29, 1.82) is 5.26 Å². The zero-order valence-corrected chi connectivity index (χ0v) is 14.9. The van der Waals surface area contributed by atoms with Crippen LogP contribution in [0.25, 0.3) is 16.7 Å². The molecule has 1 aromatic carbocycles. The van der Waals surface area contributed by atoms with Crippen molar-refractivity contribution in [2.45, 2.75) is 18.7 Å².